The summed E-state index contributed by atoms with van der Waals surface area (Å²) in [5.41, 5.74) is 0. The average Bonchev–Trinajstić information content (AvgIpc) is 3.18. The van der Waals surface area contributed by atoms with Gasteiger partial charge in [0, 0.05) is 0 Å². The van der Waals surface area contributed by atoms with Gasteiger partial charge in [-0.2, -0.15) is 81.6 Å². The molecular formula is C26H72Br6Cl12N14Nb3V5-6. The van der Waals surface area contributed by atoms with Gasteiger partial charge in [0.1, 0.15) is 0 Å². The Labute approximate surface area is 526 Å². The molecule has 0 aliphatic heterocycles. The third kappa shape index (κ3) is 343. The molecule has 0 aromatic carbocycles. The van der Waals surface area contributed by atoms with Crippen molar-refractivity contribution in [1.29, 1.82) is 0 Å². The molecule has 0 bridgehead atoms. The zero-order valence-corrected chi connectivity index (χ0v) is 73.1. The molecule has 0 spiro atoms. The molecule has 0 aliphatic carbocycles. The van der Waals surface area contributed by atoms with E-state index in [1.54, 1.807) is 70.5 Å². The summed E-state index contributed by atoms with van der Waals surface area (Å²) in [6.07, 6.45) is 0. The maximum absolute atomic E-state index is 5.28. The molecule has 14 nitrogen and oxygen atoms in total. The van der Waals surface area contributed by atoms with Gasteiger partial charge in [0.25, 0.3) is 0 Å². The van der Waals surface area contributed by atoms with Crippen molar-refractivity contribution < 1.29 is 102 Å². The van der Waals surface area contributed by atoms with Crippen LogP contribution >= 0.6 is 195 Å². The Morgan fingerprint density at radius 3 is 0.500 bits per heavy atom. The Hall–Kier alpha value is 9.66. The fourth-order valence-corrected chi connectivity index (χ4v) is 0.671. The minimum atomic E-state index is -3.11. The van der Waals surface area contributed by atoms with Crippen LogP contribution in [0.4, 0.5) is 0 Å². The predicted molar refractivity (Wildman–Crippen MR) is 310 cm³/mol. The van der Waals surface area contributed by atoms with Crippen LogP contribution < -0.4 is 0 Å². The molecule has 0 atom stereocenters. The molecular weight excluding hydrogens is 1950 g/mol. The molecule has 0 heterocycles. The van der Waals surface area contributed by atoms with E-state index in [-0.39, 0.29) is 0 Å². The van der Waals surface area contributed by atoms with Crippen LogP contribution in [-0.2, 0) is 102 Å². The van der Waals surface area contributed by atoms with Gasteiger partial charge in [-0.15, -0.1) is 0 Å². The molecule has 0 aromatic rings. The summed E-state index contributed by atoms with van der Waals surface area (Å²) >= 11 is 17.9. The maximum atomic E-state index is 5.28. The van der Waals surface area contributed by atoms with Gasteiger partial charge in [0.15, 0.2) is 0 Å². The first-order valence-corrected chi connectivity index (χ1v) is 77.1. The predicted octanol–water partition coefficient (Wildman–Crippen LogP) is 22.2. The zero-order valence-electron chi connectivity index (χ0n) is 40.9. The summed E-state index contributed by atoms with van der Waals surface area (Å²) in [4.78, 5) is 0. The second-order valence-corrected chi connectivity index (χ2v) is 124. The standard InChI is InChI=1S/3C4H10N.3C2H6N.8CH3N.6BrH.12ClH.3Nb.5V/c3*1-3-5-4-2;3*1-3-2;8*1-2;;;;;;;;;;;;;;;;;;;;;;;;;;/h3*3-4H2,1-2H3;3*1-2H3;8*1H3;18*1H;;;;;;;;/q6*-1;;;;;;;;;;;;;;;;;;;;;;;;;;;3*+3;;;3*+3/p-18. The van der Waals surface area contributed by atoms with E-state index in [2.05, 4.69) is 176 Å². The average molecular weight is 2020 g/mol. The minimum absolute atomic E-state index is 0.969. The summed E-state index contributed by atoms with van der Waals surface area (Å²) in [6.45, 7) is 18.1. The van der Waals surface area contributed by atoms with Crippen molar-refractivity contribution in [3.05, 3.63) is 31.9 Å². The monoisotopic (exact) mass is 2010 g/mol. The van der Waals surface area contributed by atoms with Crippen LogP contribution in [0, 0.1) is 0 Å². The second kappa shape index (κ2) is 94.0. The summed E-state index contributed by atoms with van der Waals surface area (Å²) in [5, 5.41) is 22.4. The molecule has 0 N–H and O–H groups in total. The van der Waals surface area contributed by atoms with Gasteiger partial charge in [-0.25, -0.2) is 0 Å². The van der Waals surface area contributed by atoms with Gasteiger partial charge >= 0.3 is 383 Å². The fraction of sp³-hybridized carbons (Fsp3) is 1.00. The van der Waals surface area contributed by atoms with Gasteiger partial charge < -0.3 is 31.9 Å². The van der Waals surface area contributed by atoms with Crippen LogP contribution in [0.5, 0.6) is 0 Å². The third-order valence-corrected chi connectivity index (χ3v) is 26.8. The molecule has 0 aliphatic rings. The summed E-state index contributed by atoms with van der Waals surface area (Å²) in [7, 11) is 77.1. The van der Waals surface area contributed by atoms with Crippen molar-refractivity contribution >= 4 is 195 Å². The normalized spacial score (nSPS) is 9.27. The third-order valence-electron chi connectivity index (χ3n) is 2.70. The molecule has 0 radical (unpaired) electrons. The number of hydrogen-bond donors (Lipinski definition) is 0. The summed E-state index contributed by atoms with van der Waals surface area (Å²) in [6, 6.07) is 0. The van der Waals surface area contributed by atoms with Gasteiger partial charge in [-0.05, 0) is 0 Å². The van der Waals surface area contributed by atoms with Gasteiger partial charge in [0.2, 0.25) is 0 Å². The van der Waals surface area contributed by atoms with E-state index >= 15 is 0 Å². The van der Waals surface area contributed by atoms with E-state index < -0.39 is 68.0 Å². The molecule has 0 rings (SSSR count). The van der Waals surface area contributed by atoms with Gasteiger partial charge in [-0.3, -0.25) is 0 Å². The van der Waals surface area contributed by atoms with E-state index in [0.29, 0.717) is 0 Å². The Balaban J connectivity index is -0.0000000371. The van der Waals surface area contributed by atoms with Crippen LogP contribution in [0.1, 0.15) is 41.5 Å². The van der Waals surface area contributed by atoms with Crippen LogP contribution in [0.15, 0.2) is 29.0 Å². The van der Waals surface area contributed by atoms with E-state index in [1.807, 2.05) is 41.5 Å². The first-order valence-electron chi connectivity index (χ1n) is 17.0. The van der Waals surface area contributed by atoms with Crippen molar-refractivity contribution in [2.45, 2.75) is 41.5 Å². The first-order chi connectivity index (χ1) is 29.7. The summed E-state index contributed by atoms with van der Waals surface area (Å²) in [5.74, 6) is 0. The molecule has 0 saturated carbocycles. The quantitative estimate of drug-likeness (QED) is 0.230. The SMILES string of the molecule is CC[N-]CC.CC[N-]CC.CC[N-]CC.C[N-]C.C[N-]C.C[N-]C.C[N]=[Nb]([Br])([Br])[Br].C[N]=[Nb]([Cl])([Cl])[Cl].C[N]=[Nb]([Cl])([Cl])[Cl].C[N]=[V].C[N]=[V].C[N]=[V]([Br])([Br])[Br].C[N]=[V]([Cl])([Cl])[Cl].C[N]=[V]([Cl])([Cl])[Cl]. The van der Waals surface area contributed by atoms with Crippen LogP contribution in [0.2, 0.25) is 0 Å². The number of halogens is 18. The van der Waals surface area contributed by atoms with Crippen molar-refractivity contribution in [2.75, 3.05) is 138 Å². The molecule has 0 fully saturated rings. The van der Waals surface area contributed by atoms with Gasteiger partial charge in [-0.1, -0.05) is 41.5 Å². The molecule has 0 aromatic heterocycles. The molecule has 418 valence electrons. The van der Waals surface area contributed by atoms with E-state index in [0.717, 1.165) is 39.3 Å². The molecule has 0 unspecified atom stereocenters. The van der Waals surface area contributed by atoms with E-state index in [4.69, 9.17) is 114 Å². The fourth-order valence-electron chi connectivity index (χ4n) is 0.671. The van der Waals surface area contributed by atoms with Crippen LogP contribution in [0.3, 0.4) is 0 Å². The summed E-state index contributed by atoms with van der Waals surface area (Å²) < 4.78 is 28.8. The molecule has 40 heteroatoms. The number of nitrogens with zero attached hydrogens (tertiary/aromatic N) is 14. The Kier molecular flexibility index (Phi) is 158. The van der Waals surface area contributed by atoms with Crippen LogP contribution in [-0.4, -0.2) is 138 Å². The zero-order chi connectivity index (χ0) is 57.1. The molecule has 66 heavy (non-hydrogen) atoms. The Bertz CT molecular complexity index is 962. The van der Waals surface area contributed by atoms with Crippen molar-refractivity contribution in [3.63, 3.8) is 0 Å². The second-order valence-electron chi connectivity index (χ2n) is 8.02. The van der Waals surface area contributed by atoms with Gasteiger partial charge in [0.05, 0.1) is 0 Å². The van der Waals surface area contributed by atoms with Crippen LogP contribution in [0.25, 0.3) is 31.9 Å². The first kappa shape index (κ1) is 111. The van der Waals surface area contributed by atoms with E-state index in [1.165, 1.54) is 28.2 Å². The molecule has 0 saturated heterocycles. The Morgan fingerprint density at radius 1 is 0.409 bits per heavy atom. The molecule has 0 amide bonds. The van der Waals surface area contributed by atoms with Crippen molar-refractivity contribution in [3.8, 4) is 0 Å². The van der Waals surface area contributed by atoms with Crippen molar-refractivity contribution in [2.24, 2.45) is 29.0 Å². The van der Waals surface area contributed by atoms with E-state index in [9.17, 15) is 0 Å². The van der Waals surface area contributed by atoms with Crippen molar-refractivity contribution in [1.82, 2.24) is 0 Å². The number of rotatable bonds is 6. The number of hydrogen-bond acceptors (Lipinski definition) is 8. The topological polar surface area (TPSA) is 183 Å². The Morgan fingerprint density at radius 2 is 0.500 bits per heavy atom.